The third-order valence-electron chi connectivity index (χ3n) is 6.44. The van der Waals surface area contributed by atoms with Crippen molar-refractivity contribution in [3.63, 3.8) is 0 Å². The Morgan fingerprint density at radius 1 is 0.818 bits per heavy atom. The minimum atomic E-state index is -0.626. The van der Waals surface area contributed by atoms with Crippen molar-refractivity contribution in [2.45, 2.75) is 46.0 Å². The summed E-state index contributed by atoms with van der Waals surface area (Å²) in [6.45, 7) is 10.8. The number of rotatable bonds is 6. The van der Waals surface area contributed by atoms with E-state index in [4.69, 9.17) is 10.1 Å². The van der Waals surface area contributed by atoms with Crippen LogP contribution >= 0.6 is 0 Å². The van der Waals surface area contributed by atoms with E-state index in [1.165, 1.54) is 12.1 Å². The highest BCUT2D eigenvalue weighted by molar-refractivity contribution is 5.60. The van der Waals surface area contributed by atoms with E-state index in [0.29, 0.717) is 17.5 Å². The summed E-state index contributed by atoms with van der Waals surface area (Å²) in [5.74, 6) is -0.484. The average Bonchev–Trinajstić information content (AvgIpc) is 3.25. The summed E-state index contributed by atoms with van der Waals surface area (Å²) in [6.07, 6.45) is 0. The van der Waals surface area contributed by atoms with Crippen LogP contribution in [0.3, 0.4) is 0 Å². The maximum absolute atomic E-state index is 14.4. The van der Waals surface area contributed by atoms with Gasteiger partial charge in [0.25, 0.3) is 0 Å². The number of halogens is 2. The normalized spacial score (nSPS) is 12.8. The fraction of sp³-hybridized carbons (Fsp3) is 0.286. The SMILES string of the molecule is CC(C)C(C)c1cc(C(C)(C)c2cccc(-c3ccc(F)cc3F)n2)nn1-c1ccccc1. The standard InChI is InChI=1S/C28H29F2N3/c1-18(2)19(3)25-17-27(32-33(25)21-10-7-6-8-11-21)28(4,5)26-13-9-12-24(31-26)22-15-14-20(29)16-23(22)30/h6-19H,1-5H3. The zero-order chi connectivity index (χ0) is 23.8. The zero-order valence-electron chi connectivity index (χ0n) is 19.7. The summed E-state index contributed by atoms with van der Waals surface area (Å²) in [7, 11) is 0. The molecule has 0 radical (unpaired) electrons. The first-order valence-electron chi connectivity index (χ1n) is 11.3. The highest BCUT2D eigenvalue weighted by atomic mass is 19.1. The predicted molar refractivity (Wildman–Crippen MR) is 129 cm³/mol. The van der Waals surface area contributed by atoms with Gasteiger partial charge in [-0.15, -0.1) is 0 Å². The number of hydrogen-bond acceptors (Lipinski definition) is 2. The highest BCUT2D eigenvalue weighted by Gasteiger charge is 2.31. The van der Waals surface area contributed by atoms with Crippen LogP contribution in [0, 0.1) is 17.6 Å². The summed E-state index contributed by atoms with van der Waals surface area (Å²) in [6, 6.07) is 21.4. The van der Waals surface area contributed by atoms with Crippen LogP contribution in [0.15, 0.2) is 72.8 Å². The molecule has 1 atom stereocenters. The number of benzene rings is 2. The molecule has 0 saturated carbocycles. The smallest absolute Gasteiger partial charge is 0.135 e. The summed E-state index contributed by atoms with van der Waals surface area (Å²) < 4.78 is 29.8. The van der Waals surface area contributed by atoms with Gasteiger partial charge in [-0.05, 0) is 62.2 Å². The maximum atomic E-state index is 14.4. The molecule has 0 amide bonds. The van der Waals surface area contributed by atoms with Gasteiger partial charge in [0.05, 0.1) is 28.2 Å². The second-order valence-electron chi connectivity index (χ2n) is 9.39. The van der Waals surface area contributed by atoms with Gasteiger partial charge in [0, 0.05) is 23.2 Å². The van der Waals surface area contributed by atoms with Gasteiger partial charge in [-0.2, -0.15) is 5.10 Å². The second kappa shape index (κ2) is 8.89. The van der Waals surface area contributed by atoms with Crippen LogP contribution in [0.4, 0.5) is 8.78 Å². The Hall–Kier alpha value is -3.34. The van der Waals surface area contributed by atoms with Gasteiger partial charge >= 0.3 is 0 Å². The van der Waals surface area contributed by atoms with E-state index in [2.05, 4.69) is 52.8 Å². The Kier molecular flexibility index (Phi) is 6.15. The number of para-hydroxylation sites is 1. The lowest BCUT2D eigenvalue weighted by Gasteiger charge is -2.22. The van der Waals surface area contributed by atoms with Crippen molar-refractivity contribution in [1.29, 1.82) is 0 Å². The van der Waals surface area contributed by atoms with Gasteiger partial charge in [0.2, 0.25) is 0 Å². The van der Waals surface area contributed by atoms with Gasteiger partial charge in [0.15, 0.2) is 0 Å². The number of nitrogens with zero attached hydrogens (tertiary/aromatic N) is 3. The Labute approximate surface area is 194 Å². The van der Waals surface area contributed by atoms with E-state index in [1.54, 1.807) is 6.07 Å². The molecule has 5 heteroatoms. The molecule has 0 N–H and O–H groups in total. The van der Waals surface area contributed by atoms with Crippen molar-refractivity contribution in [2.75, 3.05) is 0 Å². The molecule has 0 bridgehead atoms. The average molecular weight is 446 g/mol. The van der Waals surface area contributed by atoms with E-state index >= 15 is 0 Å². The minimum Gasteiger partial charge on any atom is -0.252 e. The summed E-state index contributed by atoms with van der Waals surface area (Å²) >= 11 is 0. The van der Waals surface area contributed by atoms with Crippen LogP contribution in [0.1, 0.15) is 57.6 Å². The van der Waals surface area contributed by atoms with E-state index < -0.39 is 17.0 Å². The zero-order valence-corrected chi connectivity index (χ0v) is 19.7. The van der Waals surface area contributed by atoms with Crippen LogP contribution in [-0.2, 0) is 5.41 Å². The maximum Gasteiger partial charge on any atom is 0.135 e. The van der Waals surface area contributed by atoms with E-state index in [0.717, 1.165) is 28.8 Å². The molecule has 0 saturated heterocycles. The molecule has 2 aromatic carbocycles. The number of hydrogen-bond donors (Lipinski definition) is 0. The predicted octanol–water partition coefficient (Wildman–Crippen LogP) is 7.30. The topological polar surface area (TPSA) is 30.7 Å². The third kappa shape index (κ3) is 4.45. The number of pyridine rings is 1. The van der Waals surface area contributed by atoms with Crippen molar-refractivity contribution in [2.24, 2.45) is 5.92 Å². The Balaban J connectivity index is 1.80. The van der Waals surface area contributed by atoms with E-state index in [1.807, 2.05) is 35.0 Å². The summed E-state index contributed by atoms with van der Waals surface area (Å²) in [5.41, 5.74) is 4.02. The van der Waals surface area contributed by atoms with Gasteiger partial charge in [-0.25, -0.2) is 13.5 Å². The lowest BCUT2D eigenvalue weighted by atomic mass is 9.84. The third-order valence-corrected chi connectivity index (χ3v) is 6.44. The molecule has 4 rings (SSSR count). The molecule has 0 aliphatic rings. The van der Waals surface area contributed by atoms with Crippen molar-refractivity contribution in [1.82, 2.24) is 14.8 Å². The Bertz CT molecular complexity index is 1260. The first kappa shape index (κ1) is 22.8. The molecule has 4 aromatic rings. The van der Waals surface area contributed by atoms with Gasteiger partial charge in [-0.3, -0.25) is 4.98 Å². The summed E-state index contributed by atoms with van der Waals surface area (Å²) in [4.78, 5) is 4.76. The van der Waals surface area contributed by atoms with Crippen molar-refractivity contribution in [3.05, 3.63) is 102 Å². The first-order chi connectivity index (χ1) is 15.7. The molecule has 0 fully saturated rings. The molecule has 170 valence electrons. The monoisotopic (exact) mass is 445 g/mol. The lowest BCUT2D eigenvalue weighted by Crippen LogP contribution is -2.22. The van der Waals surface area contributed by atoms with Gasteiger partial charge in [-0.1, -0.05) is 45.0 Å². The van der Waals surface area contributed by atoms with Crippen LogP contribution in [-0.4, -0.2) is 14.8 Å². The van der Waals surface area contributed by atoms with Crippen molar-refractivity contribution < 1.29 is 8.78 Å². The lowest BCUT2D eigenvalue weighted by molar-refractivity contribution is 0.509. The first-order valence-corrected chi connectivity index (χ1v) is 11.3. The number of aromatic nitrogens is 3. The molecule has 0 aliphatic heterocycles. The van der Waals surface area contributed by atoms with Crippen LogP contribution in [0.25, 0.3) is 16.9 Å². The molecule has 0 aliphatic carbocycles. The quantitative estimate of drug-likeness (QED) is 0.312. The largest absolute Gasteiger partial charge is 0.252 e. The summed E-state index contributed by atoms with van der Waals surface area (Å²) in [5, 5.41) is 5.02. The van der Waals surface area contributed by atoms with Crippen LogP contribution in [0.2, 0.25) is 0 Å². The molecule has 0 spiro atoms. The fourth-order valence-electron chi connectivity index (χ4n) is 3.90. The van der Waals surface area contributed by atoms with Crippen LogP contribution < -0.4 is 0 Å². The molecule has 33 heavy (non-hydrogen) atoms. The van der Waals surface area contributed by atoms with E-state index in [9.17, 15) is 8.78 Å². The molecule has 3 nitrogen and oxygen atoms in total. The molecule has 2 aromatic heterocycles. The molecule has 2 heterocycles. The Morgan fingerprint density at radius 3 is 2.21 bits per heavy atom. The molecular formula is C28H29F2N3. The molecule has 1 unspecified atom stereocenters. The van der Waals surface area contributed by atoms with Gasteiger partial charge in [0.1, 0.15) is 11.6 Å². The highest BCUT2D eigenvalue weighted by Crippen LogP contribution is 2.35. The Morgan fingerprint density at radius 2 is 1.55 bits per heavy atom. The van der Waals surface area contributed by atoms with Crippen molar-refractivity contribution >= 4 is 0 Å². The minimum absolute atomic E-state index is 0.276. The van der Waals surface area contributed by atoms with Crippen LogP contribution in [0.5, 0.6) is 0 Å². The fourth-order valence-corrected chi connectivity index (χ4v) is 3.90. The second-order valence-corrected chi connectivity index (χ2v) is 9.39. The molecular weight excluding hydrogens is 416 g/mol. The van der Waals surface area contributed by atoms with Gasteiger partial charge < -0.3 is 0 Å². The van der Waals surface area contributed by atoms with E-state index in [-0.39, 0.29) is 5.56 Å². The van der Waals surface area contributed by atoms with Crippen molar-refractivity contribution in [3.8, 4) is 16.9 Å².